The summed E-state index contributed by atoms with van der Waals surface area (Å²) in [6.07, 6.45) is 1.85. The van der Waals surface area contributed by atoms with Crippen LogP contribution in [0.5, 0.6) is 11.5 Å². The molecule has 2 aliphatic heterocycles. The Bertz CT molecular complexity index is 511. The fourth-order valence-corrected chi connectivity index (χ4v) is 3.72. The Labute approximate surface area is 136 Å². The molecule has 0 radical (unpaired) electrons. The number of piperazine rings is 1. The highest BCUT2D eigenvalue weighted by atomic mass is 19.1. The van der Waals surface area contributed by atoms with E-state index in [1.165, 1.54) is 19.2 Å². The van der Waals surface area contributed by atoms with E-state index in [1.54, 1.807) is 0 Å². The summed E-state index contributed by atoms with van der Waals surface area (Å²) in [6, 6.07) is 2.68. The highest BCUT2D eigenvalue weighted by Gasteiger charge is 2.34. The van der Waals surface area contributed by atoms with Gasteiger partial charge in [-0.2, -0.15) is 0 Å². The largest absolute Gasteiger partial charge is 0.504 e. The van der Waals surface area contributed by atoms with Crippen LogP contribution in [0.15, 0.2) is 12.1 Å². The molecule has 23 heavy (non-hydrogen) atoms. The van der Waals surface area contributed by atoms with Crippen LogP contribution in [0, 0.1) is 11.7 Å². The van der Waals surface area contributed by atoms with E-state index in [1.807, 2.05) is 0 Å². The van der Waals surface area contributed by atoms with E-state index in [9.17, 15) is 9.50 Å². The van der Waals surface area contributed by atoms with Gasteiger partial charge in [-0.05, 0) is 24.8 Å². The Morgan fingerprint density at radius 3 is 2.65 bits per heavy atom. The van der Waals surface area contributed by atoms with E-state index in [0.29, 0.717) is 11.5 Å². The molecule has 3 rings (SSSR count). The molecule has 1 aromatic rings. The zero-order valence-corrected chi connectivity index (χ0v) is 13.6. The van der Waals surface area contributed by atoms with Crippen molar-refractivity contribution in [1.82, 2.24) is 10.2 Å². The summed E-state index contributed by atoms with van der Waals surface area (Å²) in [5.74, 6) is 0.234. The molecule has 1 atom stereocenters. The molecule has 5 nitrogen and oxygen atoms in total. The average molecular weight is 324 g/mol. The lowest BCUT2D eigenvalue weighted by atomic mass is 9.85. The van der Waals surface area contributed by atoms with E-state index in [4.69, 9.17) is 9.47 Å². The van der Waals surface area contributed by atoms with Gasteiger partial charge in [0.05, 0.1) is 7.11 Å². The number of nitrogens with one attached hydrogen (secondary N) is 1. The molecule has 2 aliphatic rings. The molecule has 2 saturated heterocycles. The number of phenols is 1. The molecule has 0 aromatic heterocycles. The summed E-state index contributed by atoms with van der Waals surface area (Å²) >= 11 is 0. The molecule has 0 aliphatic carbocycles. The Morgan fingerprint density at radius 2 is 2.00 bits per heavy atom. The molecule has 2 heterocycles. The third-order valence-corrected chi connectivity index (χ3v) is 4.87. The van der Waals surface area contributed by atoms with Crippen molar-refractivity contribution >= 4 is 0 Å². The fraction of sp³-hybridized carbons (Fsp3) is 0.647. The first-order valence-corrected chi connectivity index (χ1v) is 8.29. The molecule has 1 aromatic carbocycles. The SMILES string of the molecule is COc1cc(F)cc([C@@H](C2CCOCC2)N2CCNCC2)c1O. The standard InChI is InChI=1S/C17H25FN2O3/c1-22-15-11-13(18)10-14(17(15)21)16(12-2-8-23-9-3-12)20-6-4-19-5-7-20/h10-12,16,19,21H,2-9H2,1H3/t16-/m1/s1. The van der Waals surface area contributed by atoms with Gasteiger partial charge in [0.25, 0.3) is 0 Å². The zero-order chi connectivity index (χ0) is 16.2. The van der Waals surface area contributed by atoms with E-state index >= 15 is 0 Å². The maximum atomic E-state index is 14.0. The predicted octanol–water partition coefficient (Wildman–Crippen LogP) is 1.91. The maximum Gasteiger partial charge on any atom is 0.163 e. The van der Waals surface area contributed by atoms with E-state index in [2.05, 4.69) is 10.2 Å². The smallest absolute Gasteiger partial charge is 0.163 e. The lowest BCUT2D eigenvalue weighted by molar-refractivity contribution is 0.0205. The van der Waals surface area contributed by atoms with Gasteiger partial charge in [0.2, 0.25) is 0 Å². The first-order chi connectivity index (χ1) is 11.2. The Morgan fingerprint density at radius 1 is 1.30 bits per heavy atom. The fourth-order valence-electron chi connectivity index (χ4n) is 3.72. The lowest BCUT2D eigenvalue weighted by Gasteiger charge is -2.41. The van der Waals surface area contributed by atoms with Crippen LogP contribution in [0.3, 0.4) is 0 Å². The normalized spacial score (nSPS) is 22.0. The van der Waals surface area contributed by atoms with Crippen LogP contribution in [0.4, 0.5) is 4.39 Å². The summed E-state index contributed by atoms with van der Waals surface area (Å²) in [5, 5.41) is 13.9. The van der Waals surface area contributed by atoms with Crippen molar-refractivity contribution in [3.63, 3.8) is 0 Å². The molecule has 0 bridgehead atoms. The summed E-state index contributed by atoms with van der Waals surface area (Å²) in [4.78, 5) is 2.35. The highest BCUT2D eigenvalue weighted by molar-refractivity contribution is 5.47. The second kappa shape index (κ2) is 7.47. The highest BCUT2D eigenvalue weighted by Crippen LogP contribution is 2.43. The number of aromatic hydroxyl groups is 1. The van der Waals surface area contributed by atoms with Gasteiger partial charge in [0.15, 0.2) is 11.5 Å². The van der Waals surface area contributed by atoms with Crippen molar-refractivity contribution in [2.24, 2.45) is 5.92 Å². The zero-order valence-electron chi connectivity index (χ0n) is 13.6. The van der Waals surface area contributed by atoms with Crippen molar-refractivity contribution in [2.75, 3.05) is 46.5 Å². The van der Waals surface area contributed by atoms with Gasteiger partial charge < -0.3 is 19.9 Å². The third-order valence-electron chi connectivity index (χ3n) is 4.87. The van der Waals surface area contributed by atoms with Crippen LogP contribution in [0.25, 0.3) is 0 Å². The molecule has 0 amide bonds. The van der Waals surface area contributed by atoms with Crippen molar-refractivity contribution in [1.29, 1.82) is 0 Å². The Hall–Kier alpha value is -1.37. The van der Waals surface area contributed by atoms with Gasteiger partial charge in [0.1, 0.15) is 5.82 Å². The number of hydrogen-bond acceptors (Lipinski definition) is 5. The first kappa shape index (κ1) is 16.5. The Kier molecular flexibility index (Phi) is 5.35. The molecule has 0 unspecified atom stereocenters. The van der Waals surface area contributed by atoms with Crippen LogP contribution < -0.4 is 10.1 Å². The second-order valence-electron chi connectivity index (χ2n) is 6.23. The predicted molar refractivity (Wildman–Crippen MR) is 85.3 cm³/mol. The van der Waals surface area contributed by atoms with Gasteiger partial charge in [0, 0.05) is 57.1 Å². The number of phenolic OH excluding ortho intramolecular Hbond substituents is 1. The first-order valence-electron chi connectivity index (χ1n) is 8.29. The number of halogens is 1. The van der Waals surface area contributed by atoms with Crippen molar-refractivity contribution in [3.05, 3.63) is 23.5 Å². The number of methoxy groups -OCH3 is 1. The third kappa shape index (κ3) is 3.59. The van der Waals surface area contributed by atoms with Crippen LogP contribution >= 0.6 is 0 Å². The number of benzene rings is 1. The minimum atomic E-state index is -0.373. The molecule has 2 N–H and O–H groups in total. The summed E-state index contributed by atoms with van der Waals surface area (Å²) in [6.45, 7) is 5.04. The van der Waals surface area contributed by atoms with Gasteiger partial charge in [-0.25, -0.2) is 4.39 Å². The van der Waals surface area contributed by atoms with E-state index in [0.717, 1.165) is 52.2 Å². The van der Waals surface area contributed by atoms with E-state index < -0.39 is 0 Å². The lowest BCUT2D eigenvalue weighted by Crippen LogP contribution is -2.47. The van der Waals surface area contributed by atoms with Gasteiger partial charge in [-0.1, -0.05) is 0 Å². The molecular weight excluding hydrogens is 299 g/mol. The number of hydrogen-bond donors (Lipinski definition) is 2. The molecule has 0 spiro atoms. The minimum Gasteiger partial charge on any atom is -0.504 e. The van der Waals surface area contributed by atoms with E-state index in [-0.39, 0.29) is 23.4 Å². The summed E-state index contributed by atoms with van der Waals surface area (Å²) in [5.41, 5.74) is 0.635. The van der Waals surface area contributed by atoms with Crippen molar-refractivity contribution in [2.45, 2.75) is 18.9 Å². The van der Waals surface area contributed by atoms with Gasteiger partial charge >= 0.3 is 0 Å². The quantitative estimate of drug-likeness (QED) is 0.886. The van der Waals surface area contributed by atoms with Gasteiger partial charge in [-0.15, -0.1) is 0 Å². The second-order valence-corrected chi connectivity index (χ2v) is 6.23. The monoisotopic (exact) mass is 324 g/mol. The molecule has 128 valence electrons. The number of rotatable bonds is 4. The van der Waals surface area contributed by atoms with Crippen molar-refractivity contribution < 1.29 is 19.0 Å². The maximum absolute atomic E-state index is 14.0. The van der Waals surface area contributed by atoms with Gasteiger partial charge in [-0.3, -0.25) is 4.90 Å². The molecular formula is C17H25FN2O3. The van der Waals surface area contributed by atoms with Crippen LogP contribution in [-0.4, -0.2) is 56.5 Å². The molecule has 2 fully saturated rings. The van der Waals surface area contributed by atoms with Crippen LogP contribution in [0.1, 0.15) is 24.4 Å². The van der Waals surface area contributed by atoms with Crippen LogP contribution in [-0.2, 0) is 4.74 Å². The molecule has 0 saturated carbocycles. The summed E-state index contributed by atoms with van der Waals surface area (Å²) < 4.78 is 24.7. The summed E-state index contributed by atoms with van der Waals surface area (Å²) in [7, 11) is 1.45. The topological polar surface area (TPSA) is 54.0 Å². The van der Waals surface area contributed by atoms with Crippen molar-refractivity contribution in [3.8, 4) is 11.5 Å². The molecule has 6 heteroatoms. The number of nitrogens with zero attached hydrogens (tertiary/aromatic N) is 1. The van der Waals surface area contributed by atoms with Crippen LogP contribution in [0.2, 0.25) is 0 Å². The average Bonchev–Trinajstić information content (AvgIpc) is 2.60. The minimum absolute atomic E-state index is 0.00870. The Balaban J connectivity index is 1.98. The number of ether oxygens (including phenoxy) is 2.